The van der Waals surface area contributed by atoms with Crippen LogP contribution in [0, 0.1) is 13.8 Å². The Morgan fingerprint density at radius 3 is 2.46 bits per heavy atom. The molecule has 2 unspecified atom stereocenters. The molecule has 2 aromatic rings. The Balaban J connectivity index is 1.45. The standard InChI is InChI=1S/C22H29N3O/c1-15-3-4-16(2)20(11-15)24-7-9-25(10-8-24)21-13-18-12-19(23)6-5-17(18)14-22(21)26/h3-6,11-12,21-22,26H,7-10,13-14,23H2,1-2H3. The van der Waals surface area contributed by atoms with Gasteiger partial charge in [0.15, 0.2) is 0 Å². The number of piperazine rings is 1. The van der Waals surface area contributed by atoms with Gasteiger partial charge in [-0.1, -0.05) is 18.2 Å². The molecule has 0 bridgehead atoms. The molecule has 1 saturated heterocycles. The summed E-state index contributed by atoms with van der Waals surface area (Å²) in [6, 6.07) is 13.0. The van der Waals surface area contributed by atoms with E-state index in [1.54, 1.807) is 0 Å². The minimum absolute atomic E-state index is 0.199. The molecule has 0 amide bonds. The van der Waals surface area contributed by atoms with Crippen LogP contribution < -0.4 is 10.6 Å². The molecule has 138 valence electrons. The van der Waals surface area contributed by atoms with Gasteiger partial charge < -0.3 is 15.7 Å². The lowest BCUT2D eigenvalue weighted by atomic mass is 9.85. The summed E-state index contributed by atoms with van der Waals surface area (Å²) >= 11 is 0. The summed E-state index contributed by atoms with van der Waals surface area (Å²) in [7, 11) is 0. The normalized spacial score (nSPS) is 23.7. The first-order valence-corrected chi connectivity index (χ1v) is 9.63. The van der Waals surface area contributed by atoms with Gasteiger partial charge in [0.2, 0.25) is 0 Å². The number of rotatable bonds is 2. The Morgan fingerprint density at radius 2 is 1.69 bits per heavy atom. The molecule has 1 heterocycles. The lowest BCUT2D eigenvalue weighted by Gasteiger charge is -2.44. The van der Waals surface area contributed by atoms with Crippen molar-refractivity contribution in [1.82, 2.24) is 4.90 Å². The highest BCUT2D eigenvalue weighted by molar-refractivity contribution is 5.55. The molecular weight excluding hydrogens is 322 g/mol. The Labute approximate surface area is 156 Å². The van der Waals surface area contributed by atoms with Crippen LogP contribution >= 0.6 is 0 Å². The van der Waals surface area contributed by atoms with Crippen LogP contribution in [0.3, 0.4) is 0 Å². The number of benzene rings is 2. The highest BCUT2D eigenvalue weighted by Gasteiger charge is 2.33. The third-order valence-corrected chi connectivity index (χ3v) is 6.02. The summed E-state index contributed by atoms with van der Waals surface area (Å²) in [4.78, 5) is 4.96. The molecule has 4 heteroatoms. The fraction of sp³-hybridized carbons (Fsp3) is 0.455. The van der Waals surface area contributed by atoms with Gasteiger partial charge in [0.1, 0.15) is 0 Å². The summed E-state index contributed by atoms with van der Waals surface area (Å²) in [6.45, 7) is 8.35. The number of anilines is 2. The maximum Gasteiger partial charge on any atom is 0.0739 e. The second-order valence-corrected chi connectivity index (χ2v) is 7.88. The van der Waals surface area contributed by atoms with Crippen LogP contribution in [0.4, 0.5) is 11.4 Å². The highest BCUT2D eigenvalue weighted by atomic mass is 16.3. The van der Waals surface area contributed by atoms with Crippen LogP contribution in [0.2, 0.25) is 0 Å². The van der Waals surface area contributed by atoms with E-state index < -0.39 is 0 Å². The molecular formula is C22H29N3O. The monoisotopic (exact) mass is 351 g/mol. The second kappa shape index (κ2) is 6.93. The van der Waals surface area contributed by atoms with Crippen molar-refractivity contribution in [1.29, 1.82) is 0 Å². The van der Waals surface area contributed by atoms with Gasteiger partial charge in [-0.05, 0) is 60.7 Å². The topological polar surface area (TPSA) is 52.7 Å². The number of aliphatic hydroxyl groups is 1. The molecule has 4 rings (SSSR count). The minimum Gasteiger partial charge on any atom is -0.399 e. The summed E-state index contributed by atoms with van der Waals surface area (Å²) in [5.41, 5.74) is 13.3. The van der Waals surface area contributed by atoms with E-state index in [1.807, 2.05) is 6.07 Å². The van der Waals surface area contributed by atoms with Crippen molar-refractivity contribution < 1.29 is 5.11 Å². The van der Waals surface area contributed by atoms with E-state index in [4.69, 9.17) is 5.73 Å². The number of aryl methyl sites for hydroxylation is 2. The van der Waals surface area contributed by atoms with Crippen molar-refractivity contribution in [3.05, 3.63) is 58.7 Å². The zero-order valence-electron chi connectivity index (χ0n) is 15.8. The zero-order valence-corrected chi connectivity index (χ0v) is 15.8. The summed E-state index contributed by atoms with van der Waals surface area (Å²) in [5, 5.41) is 10.7. The Hall–Kier alpha value is -2.04. The molecule has 26 heavy (non-hydrogen) atoms. The number of nitrogens with zero attached hydrogens (tertiary/aromatic N) is 2. The molecule has 0 radical (unpaired) electrons. The Bertz CT molecular complexity index is 796. The maximum atomic E-state index is 10.7. The number of nitrogens with two attached hydrogens (primary N) is 1. The van der Waals surface area contributed by atoms with E-state index in [9.17, 15) is 5.11 Å². The zero-order chi connectivity index (χ0) is 18.3. The fourth-order valence-electron chi connectivity index (χ4n) is 4.48. The van der Waals surface area contributed by atoms with Gasteiger partial charge in [0.05, 0.1) is 6.10 Å². The van der Waals surface area contributed by atoms with Crippen molar-refractivity contribution in [2.75, 3.05) is 36.8 Å². The lowest BCUT2D eigenvalue weighted by Crippen LogP contribution is -2.56. The number of nitrogen functional groups attached to an aromatic ring is 1. The molecule has 3 N–H and O–H groups in total. The molecule has 2 aromatic carbocycles. The van der Waals surface area contributed by atoms with Gasteiger partial charge in [-0.25, -0.2) is 0 Å². The lowest BCUT2D eigenvalue weighted by molar-refractivity contribution is 0.0395. The molecule has 2 aliphatic rings. The van der Waals surface area contributed by atoms with Gasteiger partial charge in [-0.3, -0.25) is 4.90 Å². The van der Waals surface area contributed by atoms with Crippen LogP contribution in [-0.2, 0) is 12.8 Å². The first-order valence-electron chi connectivity index (χ1n) is 9.63. The van der Waals surface area contributed by atoms with E-state index in [2.05, 4.69) is 54.0 Å². The van der Waals surface area contributed by atoms with Crippen LogP contribution in [-0.4, -0.2) is 48.3 Å². The van der Waals surface area contributed by atoms with Gasteiger partial charge in [0.25, 0.3) is 0 Å². The number of fused-ring (bicyclic) bond motifs is 1. The van der Waals surface area contributed by atoms with Crippen molar-refractivity contribution >= 4 is 11.4 Å². The first kappa shape index (κ1) is 17.4. The molecule has 4 nitrogen and oxygen atoms in total. The molecule has 0 aromatic heterocycles. The average Bonchev–Trinajstić information content (AvgIpc) is 2.64. The van der Waals surface area contributed by atoms with Crippen LogP contribution in [0.5, 0.6) is 0 Å². The third kappa shape index (κ3) is 3.31. The summed E-state index contributed by atoms with van der Waals surface area (Å²) < 4.78 is 0. The maximum absolute atomic E-state index is 10.7. The number of hydrogen-bond acceptors (Lipinski definition) is 4. The SMILES string of the molecule is Cc1ccc(C)c(N2CCN(C3Cc4cc(N)ccc4CC3O)CC2)c1. The predicted octanol–water partition coefficient (Wildman–Crippen LogP) is 2.54. The van der Waals surface area contributed by atoms with Gasteiger partial charge >= 0.3 is 0 Å². The van der Waals surface area contributed by atoms with Crippen molar-refractivity contribution in [2.45, 2.75) is 38.8 Å². The van der Waals surface area contributed by atoms with Gasteiger partial charge in [0, 0.05) is 50.0 Å². The molecule has 0 saturated carbocycles. The molecule has 1 aliphatic carbocycles. The molecule has 1 fully saturated rings. The van der Waals surface area contributed by atoms with Crippen LogP contribution in [0.15, 0.2) is 36.4 Å². The Kier molecular flexibility index (Phi) is 4.63. The van der Waals surface area contributed by atoms with Crippen molar-refractivity contribution in [2.24, 2.45) is 0 Å². The van der Waals surface area contributed by atoms with E-state index in [-0.39, 0.29) is 12.1 Å². The summed E-state index contributed by atoms with van der Waals surface area (Å²) in [5.74, 6) is 0. The van der Waals surface area contributed by atoms with E-state index in [0.29, 0.717) is 0 Å². The predicted molar refractivity (Wildman–Crippen MR) is 108 cm³/mol. The van der Waals surface area contributed by atoms with Gasteiger partial charge in [-0.15, -0.1) is 0 Å². The van der Waals surface area contributed by atoms with Crippen LogP contribution in [0.1, 0.15) is 22.3 Å². The largest absolute Gasteiger partial charge is 0.399 e. The molecule has 2 atom stereocenters. The van der Waals surface area contributed by atoms with E-state index in [1.165, 1.54) is 27.9 Å². The summed E-state index contributed by atoms with van der Waals surface area (Å²) in [6.07, 6.45) is 1.33. The van der Waals surface area contributed by atoms with E-state index in [0.717, 1.165) is 44.7 Å². The quantitative estimate of drug-likeness (QED) is 0.817. The first-order chi connectivity index (χ1) is 12.5. The highest BCUT2D eigenvalue weighted by Crippen LogP contribution is 2.29. The smallest absolute Gasteiger partial charge is 0.0739 e. The number of hydrogen-bond donors (Lipinski definition) is 2. The second-order valence-electron chi connectivity index (χ2n) is 7.88. The molecule has 0 spiro atoms. The number of aliphatic hydroxyl groups excluding tert-OH is 1. The third-order valence-electron chi connectivity index (χ3n) is 6.02. The fourth-order valence-corrected chi connectivity index (χ4v) is 4.48. The average molecular weight is 351 g/mol. The van der Waals surface area contributed by atoms with E-state index >= 15 is 0 Å². The minimum atomic E-state index is -0.293. The van der Waals surface area contributed by atoms with Gasteiger partial charge in [-0.2, -0.15) is 0 Å². The van der Waals surface area contributed by atoms with Crippen LogP contribution in [0.25, 0.3) is 0 Å². The molecule has 1 aliphatic heterocycles. The van der Waals surface area contributed by atoms with Crippen molar-refractivity contribution in [3.63, 3.8) is 0 Å². The van der Waals surface area contributed by atoms with Crippen molar-refractivity contribution in [3.8, 4) is 0 Å². The Morgan fingerprint density at radius 1 is 0.923 bits per heavy atom.